The Balaban J connectivity index is 1.03. The number of aromatic nitrogens is 2. The van der Waals surface area contributed by atoms with Gasteiger partial charge in [-0.2, -0.15) is 0 Å². The van der Waals surface area contributed by atoms with Crippen molar-refractivity contribution in [2.45, 2.75) is 0 Å². The van der Waals surface area contributed by atoms with Crippen molar-refractivity contribution in [2.75, 3.05) is 0 Å². The molecule has 0 aliphatic heterocycles. The fraction of sp³-hybridized carbons (Fsp3) is 0. The van der Waals surface area contributed by atoms with E-state index in [1.165, 1.54) is 23.2 Å². The third kappa shape index (κ3) is 4.55. The summed E-state index contributed by atoms with van der Waals surface area (Å²) < 4.78 is 99.7. The highest BCUT2D eigenvalue weighted by atomic mass is 16.3. The Bertz CT molecular complexity index is 3780. The predicted octanol–water partition coefficient (Wildman–Crippen LogP) is 13.2. The smallest absolute Gasteiger partial charge is 0.180 e. The van der Waals surface area contributed by atoms with E-state index in [1.807, 2.05) is 30.3 Å². The Morgan fingerprint density at radius 2 is 1.10 bits per heavy atom. The zero-order valence-corrected chi connectivity index (χ0v) is 27.1. The van der Waals surface area contributed by atoms with E-state index in [1.54, 1.807) is 0 Å². The molecule has 0 N–H and O–H groups in total. The summed E-state index contributed by atoms with van der Waals surface area (Å²) >= 11 is 0. The summed E-state index contributed by atoms with van der Waals surface area (Å²) in [5, 5.41) is 4.93. The lowest BCUT2D eigenvalue weighted by Gasteiger charge is -2.08. The minimum Gasteiger partial charge on any atom is -0.455 e. The van der Waals surface area contributed by atoms with Crippen molar-refractivity contribution in [1.82, 2.24) is 9.97 Å². The first-order valence-corrected chi connectivity index (χ1v) is 16.6. The van der Waals surface area contributed by atoms with Gasteiger partial charge in [0.1, 0.15) is 34.3 Å². The van der Waals surface area contributed by atoms with E-state index >= 15 is 0 Å². The van der Waals surface area contributed by atoms with Gasteiger partial charge >= 0.3 is 0 Å². The third-order valence-corrected chi connectivity index (χ3v) is 9.61. The molecule has 0 atom stereocenters. The summed E-state index contributed by atoms with van der Waals surface area (Å²) in [5.41, 5.74) is 4.34. The number of hydrogen-bond donors (Lipinski definition) is 0. The quantitative estimate of drug-likeness (QED) is 0.186. The molecule has 3 heterocycles. The first-order chi connectivity index (χ1) is 29.9. The topological polar surface area (TPSA) is 52.1 Å². The van der Waals surface area contributed by atoms with E-state index in [0.29, 0.717) is 16.5 Å². The molecule has 0 radical (unpaired) electrons. The van der Waals surface area contributed by atoms with E-state index in [4.69, 9.17) is 21.2 Å². The van der Waals surface area contributed by atoms with Gasteiger partial charge in [-0.3, -0.25) is 0 Å². The van der Waals surface area contributed by atoms with Gasteiger partial charge < -0.3 is 8.83 Å². The van der Waals surface area contributed by atoms with Crippen molar-refractivity contribution < 1.29 is 22.5 Å². The minimum atomic E-state index is -0.590. The summed E-state index contributed by atoms with van der Waals surface area (Å²) in [6.45, 7) is 0. The predicted molar refractivity (Wildman–Crippen MR) is 213 cm³/mol. The lowest BCUT2D eigenvalue weighted by atomic mass is 9.96. The van der Waals surface area contributed by atoms with Gasteiger partial charge in [0.05, 0.1) is 13.7 Å². The van der Waals surface area contributed by atoms with E-state index in [2.05, 4.69) is 76.7 Å². The van der Waals surface area contributed by atoms with E-state index < -0.39 is 48.3 Å². The maximum absolute atomic E-state index is 9.49. The highest BCUT2D eigenvalue weighted by molar-refractivity contribution is 6.10. The number of benzene rings is 8. The second-order valence-corrected chi connectivity index (χ2v) is 12.6. The Labute approximate surface area is 312 Å². The molecule has 0 unspecified atom stereocenters. The van der Waals surface area contributed by atoms with Gasteiger partial charge in [-0.15, -0.1) is 0 Å². The molecule has 242 valence electrons. The van der Waals surface area contributed by atoms with Crippen LogP contribution in [-0.2, 0) is 0 Å². The summed E-state index contributed by atoms with van der Waals surface area (Å²) in [6, 6.07) is 29.7. The maximum Gasteiger partial charge on any atom is 0.180 e. The van der Waals surface area contributed by atoms with Crippen LogP contribution >= 0.6 is 0 Å². The summed E-state index contributed by atoms with van der Waals surface area (Å²) in [6.07, 6.45) is 1.31. The van der Waals surface area contributed by atoms with Crippen molar-refractivity contribution in [1.29, 1.82) is 0 Å². The fourth-order valence-corrected chi connectivity index (χ4v) is 7.05. The van der Waals surface area contributed by atoms with Crippen molar-refractivity contribution in [3.63, 3.8) is 0 Å². The molecule has 0 saturated heterocycles. The average Bonchev–Trinajstić information content (AvgIpc) is 3.87. The van der Waals surface area contributed by atoms with Crippen LogP contribution < -0.4 is 0 Å². The second kappa shape index (κ2) is 11.2. The molecule has 4 heteroatoms. The highest BCUT2D eigenvalue weighted by Gasteiger charge is 2.18. The first kappa shape index (κ1) is 20.6. The van der Waals surface area contributed by atoms with E-state index in [0.717, 1.165) is 33.0 Å². The van der Waals surface area contributed by atoms with Crippen molar-refractivity contribution in [3.05, 3.63) is 170 Å². The molecule has 11 aromatic rings. The lowest BCUT2D eigenvalue weighted by Crippen LogP contribution is -1.88. The van der Waals surface area contributed by atoms with Gasteiger partial charge in [0.2, 0.25) is 0 Å². The average molecular weight is 675 g/mol. The monoisotopic (exact) mass is 674 g/mol. The maximum atomic E-state index is 9.49. The van der Waals surface area contributed by atoms with Gasteiger partial charge in [0.25, 0.3) is 0 Å². The minimum absolute atomic E-state index is 0.0466. The van der Waals surface area contributed by atoms with Crippen LogP contribution in [0.1, 0.15) is 13.7 Å². The van der Waals surface area contributed by atoms with E-state index in [9.17, 15) is 1.37 Å². The van der Waals surface area contributed by atoms with Crippen LogP contribution in [0.15, 0.2) is 179 Å². The molecule has 0 aliphatic rings. The van der Waals surface area contributed by atoms with Crippen LogP contribution in [0.5, 0.6) is 0 Å². The Hall–Kier alpha value is -7.04. The number of rotatable bonds is 4. The third-order valence-electron chi connectivity index (χ3n) is 9.61. The Morgan fingerprint density at radius 1 is 0.442 bits per heavy atom. The fourth-order valence-electron chi connectivity index (χ4n) is 7.05. The largest absolute Gasteiger partial charge is 0.455 e. The molecule has 8 aromatic carbocycles. The zero-order chi connectivity index (χ0) is 42.9. The number of nitrogens with zero attached hydrogens (tertiary/aromatic N) is 2. The van der Waals surface area contributed by atoms with Crippen LogP contribution in [0, 0.1) is 0 Å². The van der Waals surface area contributed by atoms with Crippen molar-refractivity contribution in [2.24, 2.45) is 0 Å². The van der Waals surface area contributed by atoms with Crippen molar-refractivity contribution in [3.8, 4) is 44.6 Å². The first-order valence-electron chi connectivity index (χ1n) is 21.6. The lowest BCUT2D eigenvalue weighted by molar-refractivity contribution is 0.667. The summed E-state index contributed by atoms with van der Waals surface area (Å²) in [7, 11) is 0. The number of hydrogen-bond acceptors (Lipinski definition) is 4. The molecular formula is C48H28N2O2. The van der Waals surface area contributed by atoms with Crippen molar-refractivity contribution >= 4 is 65.6 Å². The second-order valence-electron chi connectivity index (χ2n) is 12.6. The molecule has 0 fully saturated rings. The van der Waals surface area contributed by atoms with Gasteiger partial charge in [-0.25, -0.2) is 9.97 Å². The molecular weight excluding hydrogens is 637 g/mol. The standard InChI is InChI=1S/C48H28N2O2/c1-2-8-30-23-31(16-15-29(30)7-1)32-17-18-34-25-35(20-19-33(34)24-32)36-21-22-44-42(27-36)46-48(52-44)45(49-28-50-46)38-10-5-9-37(26-38)39-12-6-13-41-40-11-3-4-14-43(40)51-47(39)41/h1-28H/i3D,4D,6D,9D,10D,11D,12D,13D,14D,26D. The Kier molecular flexibility index (Phi) is 4.45. The molecule has 3 aromatic heterocycles. The van der Waals surface area contributed by atoms with Crippen LogP contribution in [0.4, 0.5) is 0 Å². The molecule has 4 nitrogen and oxygen atoms in total. The van der Waals surface area contributed by atoms with Gasteiger partial charge in [0, 0.05) is 27.3 Å². The molecule has 0 aliphatic carbocycles. The molecule has 0 spiro atoms. The van der Waals surface area contributed by atoms with Crippen LogP contribution in [0.2, 0.25) is 0 Å². The number of para-hydroxylation sites is 2. The molecule has 0 saturated carbocycles. The molecule has 0 amide bonds. The zero-order valence-electron chi connectivity index (χ0n) is 37.1. The van der Waals surface area contributed by atoms with Gasteiger partial charge in [-0.05, 0) is 91.8 Å². The molecule has 0 bridgehead atoms. The van der Waals surface area contributed by atoms with E-state index in [-0.39, 0.29) is 62.0 Å². The normalized spacial score (nSPS) is 14.5. The van der Waals surface area contributed by atoms with Gasteiger partial charge in [0.15, 0.2) is 5.58 Å². The van der Waals surface area contributed by atoms with Crippen LogP contribution in [0.3, 0.4) is 0 Å². The van der Waals surface area contributed by atoms with Crippen LogP contribution in [0.25, 0.3) is 110 Å². The van der Waals surface area contributed by atoms with Gasteiger partial charge in [-0.1, -0.05) is 121 Å². The molecule has 11 rings (SSSR count). The highest BCUT2D eigenvalue weighted by Crippen LogP contribution is 2.40. The summed E-state index contributed by atoms with van der Waals surface area (Å²) in [4.78, 5) is 9.04. The SMILES string of the molecule is [2H]c1cc([2H])c(-c2c([2H])c([2H])c([2H])c3c2oc2c([2H])c([2H])c([2H])c([2H])c23)c([2H])c1-c1ncnc2c1oc1ccc(-c3ccc4cc(-c5ccc6ccccc6c5)ccc4c3)cc12. The Morgan fingerprint density at radius 3 is 1.92 bits per heavy atom. The number of fused-ring (bicyclic) bond motifs is 8. The summed E-state index contributed by atoms with van der Waals surface area (Å²) in [5.74, 6) is 0. The number of furan rings is 2. The molecule has 52 heavy (non-hydrogen) atoms. The van der Waals surface area contributed by atoms with Crippen LogP contribution in [-0.4, -0.2) is 9.97 Å².